The first-order valence-electron chi connectivity index (χ1n) is 9.16. The van der Waals surface area contributed by atoms with Gasteiger partial charge in [0.25, 0.3) is 5.91 Å². The van der Waals surface area contributed by atoms with Crippen LogP contribution in [0.15, 0.2) is 41.0 Å². The van der Waals surface area contributed by atoms with Crippen molar-refractivity contribution >= 4 is 39.2 Å². The number of nitrogens with zero attached hydrogens (tertiary/aromatic N) is 4. The molecule has 5 rings (SSSR count). The van der Waals surface area contributed by atoms with Crippen LogP contribution in [-0.2, 0) is 10.2 Å². The molecule has 1 saturated carbocycles. The topological polar surface area (TPSA) is 79.6 Å². The van der Waals surface area contributed by atoms with Gasteiger partial charge in [0, 0.05) is 39.8 Å². The first kappa shape index (κ1) is 17.4. The molecular formula is C20H18BrN5O2. The number of benzene rings is 1. The van der Waals surface area contributed by atoms with Crippen molar-refractivity contribution in [3.05, 3.63) is 57.8 Å². The fourth-order valence-corrected chi connectivity index (χ4v) is 4.39. The summed E-state index contributed by atoms with van der Waals surface area (Å²) in [6, 6.07) is 9.33. The van der Waals surface area contributed by atoms with Gasteiger partial charge < -0.3 is 10.2 Å². The molecule has 1 aliphatic heterocycles. The molecule has 1 aromatic carbocycles. The van der Waals surface area contributed by atoms with E-state index in [0.29, 0.717) is 23.6 Å². The Morgan fingerprint density at radius 2 is 2.11 bits per heavy atom. The standard InChI is InChI=1S/C20H18BrN5O2/c1-12-8-16(23-17-4-7-22-26(12)17)24-18(27)10-25-11-20(5-6-20)15-9-13(21)2-3-14(15)19(25)28/h2-4,7-9H,5-6,10-11H2,1H3,(H,23,24,27). The Kier molecular flexibility index (Phi) is 3.80. The van der Waals surface area contributed by atoms with Gasteiger partial charge in [0.1, 0.15) is 12.4 Å². The van der Waals surface area contributed by atoms with E-state index in [1.165, 1.54) is 0 Å². The number of hydrogen-bond donors (Lipinski definition) is 1. The fraction of sp³-hybridized carbons (Fsp3) is 0.300. The summed E-state index contributed by atoms with van der Waals surface area (Å²) >= 11 is 3.50. The van der Waals surface area contributed by atoms with Gasteiger partial charge >= 0.3 is 0 Å². The maximum atomic E-state index is 12.9. The highest BCUT2D eigenvalue weighted by molar-refractivity contribution is 9.10. The first-order valence-corrected chi connectivity index (χ1v) is 9.95. The lowest BCUT2D eigenvalue weighted by molar-refractivity contribution is -0.117. The van der Waals surface area contributed by atoms with Gasteiger partial charge in [-0.3, -0.25) is 9.59 Å². The van der Waals surface area contributed by atoms with Crippen molar-refractivity contribution in [1.29, 1.82) is 0 Å². The van der Waals surface area contributed by atoms with Crippen LogP contribution in [0.25, 0.3) is 5.65 Å². The van der Waals surface area contributed by atoms with Gasteiger partial charge in [-0.25, -0.2) is 9.50 Å². The predicted octanol–water partition coefficient (Wildman–Crippen LogP) is 2.93. The molecule has 8 heteroatoms. The summed E-state index contributed by atoms with van der Waals surface area (Å²) in [5.74, 6) is 0.122. The molecule has 0 unspecified atom stereocenters. The van der Waals surface area contributed by atoms with Crippen molar-refractivity contribution in [2.45, 2.75) is 25.2 Å². The Labute approximate surface area is 169 Å². The Morgan fingerprint density at radius 1 is 1.29 bits per heavy atom. The van der Waals surface area contributed by atoms with Gasteiger partial charge in [0.05, 0.1) is 6.20 Å². The molecular weight excluding hydrogens is 422 g/mol. The minimum Gasteiger partial charge on any atom is -0.328 e. The van der Waals surface area contributed by atoms with Gasteiger partial charge in [-0.2, -0.15) is 5.10 Å². The summed E-state index contributed by atoms with van der Waals surface area (Å²) in [5, 5.41) is 7.00. The Balaban J connectivity index is 1.36. The molecule has 2 amide bonds. The lowest BCUT2D eigenvalue weighted by atomic mass is 9.86. The number of hydrogen-bond acceptors (Lipinski definition) is 4. The average molecular weight is 440 g/mol. The Bertz CT molecular complexity index is 1130. The van der Waals surface area contributed by atoms with Crippen LogP contribution >= 0.6 is 15.9 Å². The Hall–Kier alpha value is -2.74. The van der Waals surface area contributed by atoms with E-state index in [1.54, 1.807) is 27.7 Å². The number of halogens is 1. The third-order valence-corrected chi connectivity index (χ3v) is 6.05. The quantitative estimate of drug-likeness (QED) is 0.680. The van der Waals surface area contributed by atoms with Crippen molar-refractivity contribution in [1.82, 2.24) is 19.5 Å². The molecule has 7 nitrogen and oxygen atoms in total. The number of amides is 2. The number of carbonyl (C=O) groups excluding carboxylic acids is 2. The molecule has 3 aromatic rings. The molecule has 0 bridgehead atoms. The molecule has 142 valence electrons. The van der Waals surface area contributed by atoms with E-state index >= 15 is 0 Å². The third kappa shape index (κ3) is 2.79. The molecule has 2 aliphatic rings. The van der Waals surface area contributed by atoms with Crippen molar-refractivity contribution in [3.63, 3.8) is 0 Å². The zero-order chi connectivity index (χ0) is 19.5. The largest absolute Gasteiger partial charge is 0.328 e. The van der Waals surface area contributed by atoms with Crippen LogP contribution in [0, 0.1) is 6.92 Å². The molecule has 1 aliphatic carbocycles. The number of aromatic nitrogens is 3. The van der Waals surface area contributed by atoms with Gasteiger partial charge in [0.2, 0.25) is 5.91 Å². The number of nitrogens with one attached hydrogen (secondary N) is 1. The average Bonchev–Trinajstić information content (AvgIpc) is 3.25. The molecule has 1 fully saturated rings. The first-order chi connectivity index (χ1) is 13.4. The zero-order valence-electron chi connectivity index (χ0n) is 15.3. The van der Waals surface area contributed by atoms with Crippen LogP contribution in [0.3, 0.4) is 0 Å². The molecule has 0 saturated heterocycles. The van der Waals surface area contributed by atoms with E-state index in [2.05, 4.69) is 31.3 Å². The number of aryl methyl sites for hydroxylation is 1. The summed E-state index contributed by atoms with van der Waals surface area (Å²) < 4.78 is 2.68. The summed E-state index contributed by atoms with van der Waals surface area (Å²) in [6.07, 6.45) is 3.75. The summed E-state index contributed by atoms with van der Waals surface area (Å²) in [6.45, 7) is 2.50. The van der Waals surface area contributed by atoms with Crippen LogP contribution in [0.1, 0.15) is 34.5 Å². The highest BCUT2D eigenvalue weighted by atomic mass is 79.9. The normalized spacial score (nSPS) is 17.1. The van der Waals surface area contributed by atoms with Crippen LogP contribution < -0.4 is 5.32 Å². The second kappa shape index (κ2) is 6.13. The highest BCUT2D eigenvalue weighted by Crippen LogP contribution is 2.52. The summed E-state index contributed by atoms with van der Waals surface area (Å²) in [5.41, 5.74) is 3.34. The van der Waals surface area contributed by atoms with E-state index < -0.39 is 0 Å². The van der Waals surface area contributed by atoms with E-state index in [-0.39, 0.29) is 23.8 Å². The maximum absolute atomic E-state index is 12.9. The monoisotopic (exact) mass is 439 g/mol. The molecule has 28 heavy (non-hydrogen) atoms. The van der Waals surface area contributed by atoms with Crippen LogP contribution in [0.5, 0.6) is 0 Å². The molecule has 0 atom stereocenters. The summed E-state index contributed by atoms with van der Waals surface area (Å²) in [7, 11) is 0. The highest BCUT2D eigenvalue weighted by Gasteiger charge is 2.51. The van der Waals surface area contributed by atoms with Crippen molar-refractivity contribution in [3.8, 4) is 0 Å². The van der Waals surface area contributed by atoms with Crippen molar-refractivity contribution in [2.75, 3.05) is 18.4 Å². The van der Waals surface area contributed by atoms with E-state index in [1.807, 2.05) is 25.1 Å². The lowest BCUT2D eigenvalue weighted by Gasteiger charge is -2.34. The molecule has 1 N–H and O–H groups in total. The Morgan fingerprint density at radius 3 is 2.89 bits per heavy atom. The van der Waals surface area contributed by atoms with Gasteiger partial charge in [-0.1, -0.05) is 15.9 Å². The van der Waals surface area contributed by atoms with Gasteiger partial charge in [-0.05, 0) is 43.5 Å². The van der Waals surface area contributed by atoms with Gasteiger partial charge in [-0.15, -0.1) is 0 Å². The summed E-state index contributed by atoms with van der Waals surface area (Å²) in [4.78, 5) is 31.6. The molecule has 0 radical (unpaired) electrons. The van der Waals surface area contributed by atoms with E-state index in [9.17, 15) is 9.59 Å². The lowest BCUT2D eigenvalue weighted by Crippen LogP contribution is -2.46. The number of fused-ring (bicyclic) bond motifs is 3. The minimum atomic E-state index is -0.250. The predicted molar refractivity (Wildman–Crippen MR) is 107 cm³/mol. The minimum absolute atomic E-state index is 0.00134. The maximum Gasteiger partial charge on any atom is 0.254 e. The van der Waals surface area contributed by atoms with Crippen LogP contribution in [-0.4, -0.2) is 44.4 Å². The van der Waals surface area contributed by atoms with Gasteiger partial charge in [0.15, 0.2) is 5.65 Å². The van der Waals surface area contributed by atoms with E-state index in [4.69, 9.17) is 0 Å². The smallest absolute Gasteiger partial charge is 0.254 e. The number of rotatable bonds is 3. The van der Waals surface area contributed by atoms with Crippen molar-refractivity contribution < 1.29 is 9.59 Å². The molecule has 3 heterocycles. The van der Waals surface area contributed by atoms with Crippen LogP contribution in [0.4, 0.5) is 5.82 Å². The number of anilines is 1. The van der Waals surface area contributed by atoms with Crippen LogP contribution in [0.2, 0.25) is 0 Å². The number of carbonyl (C=O) groups is 2. The third-order valence-electron chi connectivity index (χ3n) is 5.56. The fourth-order valence-electron chi connectivity index (χ4n) is 4.03. The zero-order valence-corrected chi connectivity index (χ0v) is 16.9. The second-order valence-electron chi connectivity index (χ2n) is 7.56. The second-order valence-corrected chi connectivity index (χ2v) is 8.48. The van der Waals surface area contributed by atoms with Crippen molar-refractivity contribution in [2.24, 2.45) is 0 Å². The molecule has 1 spiro atoms. The molecule has 2 aromatic heterocycles. The van der Waals surface area contributed by atoms with E-state index in [0.717, 1.165) is 28.6 Å². The SMILES string of the molecule is Cc1cc(NC(=O)CN2CC3(CC3)c3cc(Br)ccc3C2=O)nc2ccnn12.